The van der Waals surface area contributed by atoms with Gasteiger partial charge in [0.2, 0.25) is 5.91 Å². The molecule has 23 heavy (non-hydrogen) atoms. The van der Waals surface area contributed by atoms with E-state index in [9.17, 15) is 14.7 Å². The summed E-state index contributed by atoms with van der Waals surface area (Å²) in [6, 6.07) is 11.3. The van der Waals surface area contributed by atoms with Crippen LogP contribution in [0.4, 0.5) is 10.7 Å². The van der Waals surface area contributed by atoms with Gasteiger partial charge in [-0.05, 0) is 31.5 Å². The minimum absolute atomic E-state index is 0.156. The molecular formula is C17H20N2O3S. The van der Waals surface area contributed by atoms with Crippen molar-refractivity contribution < 1.29 is 14.7 Å². The number of amides is 1. The molecule has 0 aliphatic rings. The van der Waals surface area contributed by atoms with Gasteiger partial charge in [-0.2, -0.15) is 0 Å². The first kappa shape index (κ1) is 17.0. The Morgan fingerprint density at radius 1 is 1.22 bits per heavy atom. The van der Waals surface area contributed by atoms with Crippen molar-refractivity contribution in [2.45, 2.75) is 20.3 Å². The van der Waals surface area contributed by atoms with E-state index in [1.165, 1.54) is 11.3 Å². The first-order valence-electron chi connectivity index (χ1n) is 7.51. The molecule has 5 nitrogen and oxygen atoms in total. The van der Waals surface area contributed by atoms with Crippen LogP contribution in [0.2, 0.25) is 0 Å². The smallest absolute Gasteiger partial charge is 0.338 e. The summed E-state index contributed by atoms with van der Waals surface area (Å²) in [7, 11) is 0. The van der Waals surface area contributed by atoms with E-state index in [1.807, 2.05) is 49.1 Å². The first-order valence-corrected chi connectivity index (χ1v) is 8.32. The quantitative estimate of drug-likeness (QED) is 0.814. The zero-order chi connectivity index (χ0) is 16.8. The highest BCUT2D eigenvalue weighted by atomic mass is 32.1. The largest absolute Gasteiger partial charge is 0.478 e. The third-order valence-electron chi connectivity index (χ3n) is 3.45. The molecule has 0 bridgehead atoms. The van der Waals surface area contributed by atoms with Gasteiger partial charge in [-0.15, -0.1) is 11.3 Å². The van der Waals surface area contributed by atoms with Gasteiger partial charge in [-0.1, -0.05) is 25.1 Å². The normalized spacial score (nSPS) is 10.3. The standard InChI is InChI=1S/C17H20N2O3S/c1-3-13-10-14(17(21)22)16(23-13)18-15(20)11-19(4-2)12-8-6-5-7-9-12/h5-10H,3-4,11H2,1-2H3,(H,18,20)(H,21,22). The van der Waals surface area contributed by atoms with Crippen LogP contribution >= 0.6 is 11.3 Å². The van der Waals surface area contributed by atoms with Gasteiger partial charge >= 0.3 is 5.97 Å². The molecule has 6 heteroatoms. The fourth-order valence-electron chi connectivity index (χ4n) is 2.23. The summed E-state index contributed by atoms with van der Waals surface area (Å²) in [6.07, 6.45) is 0.742. The number of hydrogen-bond acceptors (Lipinski definition) is 4. The number of rotatable bonds is 7. The van der Waals surface area contributed by atoms with Crippen LogP contribution in [0, 0.1) is 0 Å². The Bertz CT molecular complexity index is 682. The van der Waals surface area contributed by atoms with Crippen molar-refractivity contribution in [3.63, 3.8) is 0 Å². The molecule has 0 unspecified atom stereocenters. The number of carboxylic acids is 1. The molecule has 0 atom stereocenters. The van der Waals surface area contributed by atoms with Gasteiger partial charge in [0.15, 0.2) is 0 Å². The van der Waals surface area contributed by atoms with E-state index in [0.717, 1.165) is 17.0 Å². The van der Waals surface area contributed by atoms with Crippen LogP contribution in [0.5, 0.6) is 0 Å². The van der Waals surface area contributed by atoms with Crippen LogP contribution in [0.3, 0.4) is 0 Å². The Morgan fingerprint density at radius 2 is 1.91 bits per heavy atom. The molecule has 2 N–H and O–H groups in total. The van der Waals surface area contributed by atoms with E-state index >= 15 is 0 Å². The van der Waals surface area contributed by atoms with Crippen molar-refractivity contribution in [1.29, 1.82) is 0 Å². The van der Waals surface area contributed by atoms with Gasteiger partial charge in [-0.3, -0.25) is 4.79 Å². The summed E-state index contributed by atoms with van der Waals surface area (Å²) in [5.74, 6) is -1.24. The van der Waals surface area contributed by atoms with Crippen molar-refractivity contribution in [1.82, 2.24) is 0 Å². The zero-order valence-corrected chi connectivity index (χ0v) is 14.0. The number of nitrogens with zero attached hydrogens (tertiary/aromatic N) is 1. The summed E-state index contributed by atoms with van der Waals surface area (Å²) < 4.78 is 0. The fourth-order valence-corrected chi connectivity index (χ4v) is 3.24. The zero-order valence-electron chi connectivity index (χ0n) is 13.2. The Balaban J connectivity index is 2.10. The molecule has 0 spiro atoms. The van der Waals surface area contributed by atoms with E-state index < -0.39 is 5.97 Å². The second-order valence-corrected chi connectivity index (χ2v) is 6.15. The highest BCUT2D eigenvalue weighted by molar-refractivity contribution is 7.16. The number of aryl methyl sites for hydroxylation is 1. The average Bonchev–Trinajstić information content (AvgIpc) is 2.96. The molecule has 1 amide bonds. The molecule has 0 saturated heterocycles. The maximum absolute atomic E-state index is 12.3. The summed E-state index contributed by atoms with van der Waals surface area (Å²) in [6.45, 7) is 4.80. The van der Waals surface area contributed by atoms with Crippen LogP contribution in [0.15, 0.2) is 36.4 Å². The number of para-hydroxylation sites is 1. The lowest BCUT2D eigenvalue weighted by Gasteiger charge is -2.22. The van der Waals surface area contributed by atoms with E-state index in [2.05, 4.69) is 5.32 Å². The summed E-state index contributed by atoms with van der Waals surface area (Å²) in [5.41, 5.74) is 1.12. The molecule has 0 saturated carbocycles. The van der Waals surface area contributed by atoms with Crippen molar-refractivity contribution >= 4 is 33.9 Å². The van der Waals surface area contributed by atoms with Crippen LogP contribution in [-0.2, 0) is 11.2 Å². The van der Waals surface area contributed by atoms with Crippen LogP contribution in [-0.4, -0.2) is 30.1 Å². The summed E-state index contributed by atoms with van der Waals surface area (Å²) in [5, 5.41) is 12.4. The molecule has 122 valence electrons. The number of benzene rings is 1. The van der Waals surface area contributed by atoms with Gasteiger partial charge in [0.1, 0.15) is 5.00 Å². The number of aromatic carboxylic acids is 1. The number of carboxylic acid groups (broad SMARTS) is 1. The second kappa shape index (κ2) is 7.78. The van der Waals surface area contributed by atoms with Gasteiger partial charge in [0.25, 0.3) is 0 Å². The Labute approximate surface area is 139 Å². The van der Waals surface area contributed by atoms with Gasteiger partial charge < -0.3 is 15.3 Å². The highest BCUT2D eigenvalue weighted by Crippen LogP contribution is 2.28. The number of carbonyl (C=O) groups is 2. The average molecular weight is 332 g/mol. The number of anilines is 2. The fraction of sp³-hybridized carbons (Fsp3) is 0.294. The summed E-state index contributed by atoms with van der Waals surface area (Å²) >= 11 is 1.32. The third kappa shape index (κ3) is 4.32. The molecule has 2 rings (SSSR count). The molecule has 0 aliphatic heterocycles. The Hall–Kier alpha value is -2.34. The maximum Gasteiger partial charge on any atom is 0.338 e. The van der Waals surface area contributed by atoms with E-state index in [-0.39, 0.29) is 18.0 Å². The third-order valence-corrected chi connectivity index (χ3v) is 4.65. The molecule has 0 fully saturated rings. The van der Waals surface area contributed by atoms with E-state index in [1.54, 1.807) is 6.07 Å². The number of thiophene rings is 1. The number of likely N-dealkylation sites (N-methyl/N-ethyl adjacent to an activating group) is 1. The van der Waals surface area contributed by atoms with Crippen molar-refractivity contribution in [2.75, 3.05) is 23.3 Å². The van der Waals surface area contributed by atoms with Crippen molar-refractivity contribution in [2.24, 2.45) is 0 Å². The molecule has 2 aromatic rings. The summed E-state index contributed by atoms with van der Waals surface area (Å²) in [4.78, 5) is 26.4. The predicted molar refractivity (Wildman–Crippen MR) is 93.6 cm³/mol. The number of hydrogen-bond donors (Lipinski definition) is 2. The van der Waals surface area contributed by atoms with E-state index in [0.29, 0.717) is 11.5 Å². The lowest BCUT2D eigenvalue weighted by Crippen LogP contribution is -2.33. The molecule has 0 aliphatic carbocycles. The number of carbonyl (C=O) groups excluding carboxylic acids is 1. The molecule has 0 radical (unpaired) electrons. The Kier molecular flexibility index (Phi) is 5.76. The Morgan fingerprint density at radius 3 is 2.48 bits per heavy atom. The first-order chi connectivity index (χ1) is 11.0. The molecule has 1 heterocycles. The van der Waals surface area contributed by atoms with Crippen LogP contribution in [0.1, 0.15) is 29.1 Å². The number of nitrogens with one attached hydrogen (secondary N) is 1. The van der Waals surface area contributed by atoms with Crippen molar-refractivity contribution in [3.05, 3.63) is 46.8 Å². The van der Waals surface area contributed by atoms with Gasteiger partial charge in [0.05, 0.1) is 12.1 Å². The lowest BCUT2D eigenvalue weighted by molar-refractivity contribution is -0.114. The topological polar surface area (TPSA) is 69.6 Å². The second-order valence-electron chi connectivity index (χ2n) is 5.01. The van der Waals surface area contributed by atoms with Gasteiger partial charge in [-0.25, -0.2) is 4.79 Å². The van der Waals surface area contributed by atoms with Gasteiger partial charge in [0, 0.05) is 17.1 Å². The highest BCUT2D eigenvalue weighted by Gasteiger charge is 2.18. The van der Waals surface area contributed by atoms with Crippen LogP contribution < -0.4 is 10.2 Å². The molecule has 1 aromatic carbocycles. The van der Waals surface area contributed by atoms with E-state index in [4.69, 9.17) is 0 Å². The van der Waals surface area contributed by atoms with Crippen LogP contribution in [0.25, 0.3) is 0 Å². The molecule has 1 aromatic heterocycles. The monoisotopic (exact) mass is 332 g/mol. The minimum atomic E-state index is -1.02. The predicted octanol–water partition coefficient (Wildman–Crippen LogP) is 3.47. The minimum Gasteiger partial charge on any atom is -0.478 e. The molecular weight excluding hydrogens is 312 g/mol. The SMILES string of the molecule is CCc1cc(C(=O)O)c(NC(=O)CN(CC)c2ccccc2)s1. The maximum atomic E-state index is 12.3. The van der Waals surface area contributed by atoms with Crippen molar-refractivity contribution in [3.8, 4) is 0 Å². The lowest BCUT2D eigenvalue weighted by atomic mass is 10.2.